The van der Waals surface area contributed by atoms with Crippen molar-refractivity contribution in [2.75, 3.05) is 4.90 Å². The first-order chi connectivity index (χ1) is 19.3. The zero-order valence-electron chi connectivity index (χ0n) is 23.7. The van der Waals surface area contributed by atoms with E-state index >= 15 is 0 Å². The van der Waals surface area contributed by atoms with Crippen LogP contribution in [-0.2, 0) is 39.5 Å². The molecule has 0 radical (unpaired) electrons. The Hall–Kier alpha value is -3.77. The number of rotatable bonds is 6. The van der Waals surface area contributed by atoms with Crippen LogP contribution in [-0.4, -0.2) is 41.6 Å². The smallest absolute Gasteiger partial charge is 0.416 e. The van der Waals surface area contributed by atoms with E-state index in [0.717, 1.165) is 23.1 Å². The second kappa shape index (κ2) is 12.2. The fourth-order valence-corrected chi connectivity index (χ4v) is 4.68. The summed E-state index contributed by atoms with van der Waals surface area (Å²) in [5.41, 5.74) is -2.67. The van der Waals surface area contributed by atoms with Crippen LogP contribution < -0.4 is 15.5 Å². The molecule has 1 aliphatic heterocycles. The summed E-state index contributed by atoms with van der Waals surface area (Å²) in [6.07, 6.45) is -10.9. The van der Waals surface area contributed by atoms with E-state index in [4.69, 9.17) is 4.74 Å². The van der Waals surface area contributed by atoms with Crippen LogP contribution in [0, 0.1) is 0 Å². The lowest BCUT2D eigenvalue weighted by Gasteiger charge is -2.31. The Bertz CT molecular complexity index is 1320. The maximum atomic E-state index is 13.7. The summed E-state index contributed by atoms with van der Waals surface area (Å²) in [6.45, 7) is 7.90. The average molecular weight is 602 g/mol. The number of alkyl carbamates (subject to hydrolysis) is 1. The van der Waals surface area contributed by atoms with Gasteiger partial charge in [-0.15, -0.1) is 0 Å². The molecule has 42 heavy (non-hydrogen) atoms. The summed E-state index contributed by atoms with van der Waals surface area (Å²) in [5.74, 6) is -1.65. The molecule has 1 aliphatic rings. The number of carbonyl (C=O) groups is 3. The summed E-state index contributed by atoms with van der Waals surface area (Å²) in [7, 11) is 0. The Morgan fingerprint density at radius 1 is 1.00 bits per heavy atom. The Morgan fingerprint density at radius 2 is 1.64 bits per heavy atom. The van der Waals surface area contributed by atoms with Gasteiger partial charge >= 0.3 is 18.4 Å². The molecule has 0 aliphatic carbocycles. The standard InChI is InChI=1S/C29H33F6N3O4/c1-16(2)38-23-15-19(28(30,31)32)12-10-17(23)11-13-21(25(38)40)36-24(39)22(37-26(41)42-27(3,4)5)14-18-8-6-7-9-20(18)29(33,34)35/h6-10,12,15-16,21-22H,11,13-14H2,1-5H3,(H,36,39)(H,37,41)/t21-,22-/m1/s1. The van der Waals surface area contributed by atoms with Gasteiger partial charge in [0.1, 0.15) is 17.7 Å². The summed E-state index contributed by atoms with van der Waals surface area (Å²) in [5, 5.41) is 4.82. The second-order valence-electron chi connectivity index (χ2n) is 11.3. The molecule has 7 nitrogen and oxygen atoms in total. The molecule has 0 bridgehead atoms. The van der Waals surface area contributed by atoms with Crippen molar-refractivity contribution in [2.45, 2.75) is 90.0 Å². The Morgan fingerprint density at radius 3 is 2.21 bits per heavy atom. The zero-order valence-corrected chi connectivity index (χ0v) is 23.7. The van der Waals surface area contributed by atoms with E-state index in [2.05, 4.69) is 10.6 Å². The highest BCUT2D eigenvalue weighted by Crippen LogP contribution is 2.37. The molecule has 13 heteroatoms. The van der Waals surface area contributed by atoms with Gasteiger partial charge in [0.2, 0.25) is 11.8 Å². The molecule has 0 aromatic heterocycles. The highest BCUT2D eigenvalue weighted by molar-refractivity contribution is 6.01. The van der Waals surface area contributed by atoms with Crippen LogP contribution in [0.3, 0.4) is 0 Å². The lowest BCUT2D eigenvalue weighted by Crippen LogP contribution is -2.56. The van der Waals surface area contributed by atoms with Gasteiger partial charge in [-0.1, -0.05) is 24.3 Å². The van der Waals surface area contributed by atoms with Gasteiger partial charge in [0.15, 0.2) is 0 Å². The Balaban J connectivity index is 1.93. The minimum atomic E-state index is -4.74. The van der Waals surface area contributed by atoms with E-state index in [-0.39, 0.29) is 24.1 Å². The maximum Gasteiger partial charge on any atom is 0.416 e. The molecule has 2 aromatic carbocycles. The molecular formula is C29H33F6N3O4. The largest absolute Gasteiger partial charge is 0.444 e. The van der Waals surface area contributed by atoms with E-state index in [1.54, 1.807) is 34.6 Å². The lowest BCUT2D eigenvalue weighted by atomic mass is 9.98. The van der Waals surface area contributed by atoms with Gasteiger partial charge in [-0.05, 0) is 76.8 Å². The monoisotopic (exact) mass is 601 g/mol. The maximum absolute atomic E-state index is 13.7. The zero-order chi connectivity index (χ0) is 31.6. The van der Waals surface area contributed by atoms with Gasteiger partial charge in [0.25, 0.3) is 0 Å². The van der Waals surface area contributed by atoms with E-state index < -0.39 is 71.5 Å². The fraction of sp³-hybridized carbons (Fsp3) is 0.483. The number of nitrogens with one attached hydrogen (secondary N) is 2. The third-order valence-electron chi connectivity index (χ3n) is 6.50. The van der Waals surface area contributed by atoms with Crippen molar-refractivity contribution in [2.24, 2.45) is 0 Å². The number of amides is 3. The number of fused-ring (bicyclic) bond motifs is 1. The van der Waals surface area contributed by atoms with Gasteiger partial charge in [0, 0.05) is 18.2 Å². The minimum absolute atomic E-state index is 0.00442. The SMILES string of the molecule is CC(C)N1C(=O)[C@H](NC(=O)[C@@H](Cc2ccccc2C(F)(F)F)NC(=O)OC(C)(C)C)CCc2ccc(C(F)(F)F)cc21. The number of aryl methyl sites for hydroxylation is 1. The Kier molecular flexibility index (Phi) is 9.53. The minimum Gasteiger partial charge on any atom is -0.444 e. The summed E-state index contributed by atoms with van der Waals surface area (Å²) >= 11 is 0. The summed E-state index contributed by atoms with van der Waals surface area (Å²) in [6, 6.07) is 4.25. The summed E-state index contributed by atoms with van der Waals surface area (Å²) < 4.78 is 86.5. The molecule has 0 spiro atoms. The number of alkyl halides is 6. The average Bonchev–Trinajstić information content (AvgIpc) is 2.97. The normalized spacial score (nSPS) is 16.9. The quantitative estimate of drug-likeness (QED) is 0.396. The number of hydrogen-bond acceptors (Lipinski definition) is 4. The Labute approximate surface area is 239 Å². The third kappa shape index (κ3) is 8.16. The van der Waals surface area contributed by atoms with E-state index in [1.807, 2.05) is 0 Å². The first kappa shape index (κ1) is 32.7. The first-order valence-corrected chi connectivity index (χ1v) is 13.3. The van der Waals surface area contributed by atoms with Crippen molar-refractivity contribution in [3.05, 3.63) is 64.7 Å². The molecule has 0 unspecified atom stereocenters. The van der Waals surface area contributed by atoms with E-state index in [0.29, 0.717) is 5.56 Å². The van der Waals surface area contributed by atoms with Crippen molar-refractivity contribution < 1.29 is 45.5 Å². The second-order valence-corrected chi connectivity index (χ2v) is 11.3. The van der Waals surface area contributed by atoms with E-state index in [9.17, 15) is 40.7 Å². The molecule has 3 amide bonds. The third-order valence-corrected chi connectivity index (χ3v) is 6.50. The van der Waals surface area contributed by atoms with Crippen LogP contribution in [0.2, 0.25) is 0 Å². The number of hydrogen-bond donors (Lipinski definition) is 2. The molecule has 0 saturated carbocycles. The lowest BCUT2D eigenvalue weighted by molar-refractivity contribution is -0.139. The van der Waals surface area contributed by atoms with Gasteiger partial charge < -0.3 is 20.3 Å². The van der Waals surface area contributed by atoms with Crippen molar-refractivity contribution in [3.63, 3.8) is 0 Å². The molecule has 0 fully saturated rings. The topological polar surface area (TPSA) is 87.7 Å². The van der Waals surface area contributed by atoms with Crippen molar-refractivity contribution in [1.29, 1.82) is 0 Å². The van der Waals surface area contributed by atoms with Crippen LogP contribution in [0.15, 0.2) is 42.5 Å². The van der Waals surface area contributed by atoms with Crippen LogP contribution >= 0.6 is 0 Å². The number of anilines is 1. The number of halogens is 6. The van der Waals surface area contributed by atoms with Crippen LogP contribution in [0.1, 0.15) is 63.3 Å². The number of benzene rings is 2. The number of ether oxygens (including phenoxy) is 1. The fourth-order valence-electron chi connectivity index (χ4n) is 4.68. The molecule has 2 N–H and O–H groups in total. The van der Waals surface area contributed by atoms with Gasteiger partial charge in [-0.2, -0.15) is 26.3 Å². The predicted octanol–water partition coefficient (Wildman–Crippen LogP) is 6.03. The van der Waals surface area contributed by atoms with E-state index in [1.165, 1.54) is 24.3 Å². The molecule has 2 aromatic rings. The van der Waals surface area contributed by atoms with Gasteiger partial charge in [-0.3, -0.25) is 9.59 Å². The first-order valence-electron chi connectivity index (χ1n) is 13.3. The van der Waals surface area contributed by atoms with Crippen molar-refractivity contribution >= 4 is 23.6 Å². The van der Waals surface area contributed by atoms with Crippen molar-refractivity contribution in [1.82, 2.24) is 10.6 Å². The highest BCUT2D eigenvalue weighted by Gasteiger charge is 2.39. The van der Waals surface area contributed by atoms with Crippen molar-refractivity contribution in [3.8, 4) is 0 Å². The van der Waals surface area contributed by atoms with Gasteiger partial charge in [-0.25, -0.2) is 4.79 Å². The molecule has 230 valence electrons. The predicted molar refractivity (Wildman–Crippen MR) is 143 cm³/mol. The molecule has 2 atom stereocenters. The van der Waals surface area contributed by atoms with Crippen LogP contribution in [0.4, 0.5) is 36.8 Å². The van der Waals surface area contributed by atoms with Gasteiger partial charge in [0.05, 0.1) is 11.1 Å². The number of carbonyl (C=O) groups excluding carboxylic acids is 3. The highest BCUT2D eigenvalue weighted by atomic mass is 19.4. The molecular weight excluding hydrogens is 568 g/mol. The van der Waals surface area contributed by atoms with Crippen LogP contribution in [0.25, 0.3) is 0 Å². The molecule has 1 heterocycles. The summed E-state index contributed by atoms with van der Waals surface area (Å²) in [4.78, 5) is 40.8. The molecule has 3 rings (SSSR count). The number of nitrogens with zero attached hydrogens (tertiary/aromatic N) is 1. The molecule has 0 saturated heterocycles. The van der Waals surface area contributed by atoms with Crippen LogP contribution in [0.5, 0.6) is 0 Å².